The van der Waals surface area contributed by atoms with Gasteiger partial charge in [-0.2, -0.15) is 0 Å². The first-order chi connectivity index (χ1) is 6.54. The summed E-state index contributed by atoms with van der Waals surface area (Å²) >= 11 is 0. The Morgan fingerprint density at radius 3 is 2.36 bits per heavy atom. The van der Waals surface area contributed by atoms with Crippen LogP contribution in [0.15, 0.2) is 0 Å². The van der Waals surface area contributed by atoms with Crippen molar-refractivity contribution in [2.45, 2.75) is 13.0 Å². The minimum atomic E-state index is -0.631. The van der Waals surface area contributed by atoms with Gasteiger partial charge in [0.1, 0.15) is 19.2 Å². The molecule has 1 unspecified atom stereocenters. The summed E-state index contributed by atoms with van der Waals surface area (Å²) in [5.74, 6) is -1.27. The lowest BCUT2D eigenvalue weighted by atomic mass is 10.3. The van der Waals surface area contributed by atoms with E-state index in [1.807, 2.05) is 0 Å². The van der Waals surface area contributed by atoms with E-state index in [9.17, 15) is 14.4 Å². The Labute approximate surface area is 81.2 Å². The second-order valence-electron chi connectivity index (χ2n) is 3.04. The smallest absolute Gasteiger partial charge is 0.252 e. The molecule has 0 aromatic heterocycles. The molecule has 0 saturated carbocycles. The van der Waals surface area contributed by atoms with E-state index < -0.39 is 17.9 Å². The van der Waals surface area contributed by atoms with Gasteiger partial charge in [0.15, 0.2) is 0 Å². The van der Waals surface area contributed by atoms with E-state index in [0.717, 1.165) is 0 Å². The molecule has 6 heteroatoms. The number of hydrogen-bond acceptors (Lipinski definition) is 4. The van der Waals surface area contributed by atoms with Gasteiger partial charge in [-0.15, -0.1) is 0 Å². The number of nitrogens with one attached hydrogen (secondary N) is 1. The summed E-state index contributed by atoms with van der Waals surface area (Å²) in [5.41, 5.74) is 0. The molecule has 78 valence electrons. The van der Waals surface area contributed by atoms with E-state index in [2.05, 4.69) is 5.32 Å². The molecule has 1 aliphatic rings. The number of rotatable bonds is 2. The number of hydrogen-bond donors (Lipinski definition) is 1. The van der Waals surface area contributed by atoms with Crippen molar-refractivity contribution in [1.29, 1.82) is 0 Å². The van der Waals surface area contributed by atoms with E-state index in [4.69, 9.17) is 4.74 Å². The van der Waals surface area contributed by atoms with Gasteiger partial charge in [-0.05, 0) is 6.92 Å². The van der Waals surface area contributed by atoms with Gasteiger partial charge in [0.05, 0.1) is 0 Å². The molecule has 0 bridgehead atoms. The first-order valence-electron chi connectivity index (χ1n) is 4.19. The number of ether oxygens (including phenoxy) is 1. The lowest BCUT2D eigenvalue weighted by Gasteiger charge is -2.27. The summed E-state index contributed by atoms with van der Waals surface area (Å²) in [6.45, 7) is 1.40. The largest absolute Gasteiger partial charge is 0.372 e. The minimum absolute atomic E-state index is 0.0850. The fourth-order valence-electron chi connectivity index (χ4n) is 1.15. The number of piperazine rings is 1. The maximum Gasteiger partial charge on any atom is 0.252 e. The summed E-state index contributed by atoms with van der Waals surface area (Å²) in [7, 11) is 1.40. The van der Waals surface area contributed by atoms with E-state index in [1.165, 1.54) is 12.0 Å². The van der Waals surface area contributed by atoms with Crippen LogP contribution >= 0.6 is 0 Å². The van der Waals surface area contributed by atoms with Crippen molar-refractivity contribution < 1.29 is 19.1 Å². The fourth-order valence-corrected chi connectivity index (χ4v) is 1.15. The highest BCUT2D eigenvalue weighted by Crippen LogP contribution is 2.01. The quantitative estimate of drug-likeness (QED) is 0.551. The van der Waals surface area contributed by atoms with Gasteiger partial charge >= 0.3 is 0 Å². The standard InChI is InChI=1S/C8H12N2O4/c1-5(14-2)8(13)10-3-6(11)9-7(12)4-10/h5H,3-4H2,1-2H3,(H,9,11,12). The van der Waals surface area contributed by atoms with Crippen LogP contribution in [0.4, 0.5) is 0 Å². The highest BCUT2D eigenvalue weighted by atomic mass is 16.5. The normalized spacial score (nSPS) is 19.1. The SMILES string of the molecule is COC(C)C(=O)N1CC(=O)NC(=O)C1. The molecule has 1 N–H and O–H groups in total. The maximum atomic E-state index is 11.5. The predicted octanol–water partition coefficient (Wildman–Crippen LogP) is -1.49. The van der Waals surface area contributed by atoms with Crippen molar-refractivity contribution in [3.05, 3.63) is 0 Å². The average Bonchev–Trinajstić information content (AvgIpc) is 2.14. The lowest BCUT2D eigenvalue weighted by molar-refractivity contribution is -0.150. The molecule has 14 heavy (non-hydrogen) atoms. The Balaban J connectivity index is 2.63. The summed E-state index contributed by atoms with van der Waals surface area (Å²) in [6.07, 6.45) is -0.631. The monoisotopic (exact) mass is 200 g/mol. The third-order valence-corrected chi connectivity index (χ3v) is 1.96. The minimum Gasteiger partial charge on any atom is -0.372 e. The van der Waals surface area contributed by atoms with Crippen LogP contribution in [0.3, 0.4) is 0 Å². The molecule has 3 amide bonds. The van der Waals surface area contributed by atoms with Gasteiger partial charge in [-0.1, -0.05) is 0 Å². The Kier molecular flexibility index (Phi) is 3.19. The molecular weight excluding hydrogens is 188 g/mol. The Morgan fingerprint density at radius 1 is 1.43 bits per heavy atom. The molecule has 1 heterocycles. The molecule has 1 atom stereocenters. The molecule has 1 aliphatic heterocycles. The van der Waals surface area contributed by atoms with Crippen LogP contribution < -0.4 is 5.32 Å². The van der Waals surface area contributed by atoms with Crippen molar-refractivity contribution in [3.8, 4) is 0 Å². The first-order valence-corrected chi connectivity index (χ1v) is 4.19. The van der Waals surface area contributed by atoms with Gasteiger partial charge in [0, 0.05) is 7.11 Å². The second kappa shape index (κ2) is 4.19. The van der Waals surface area contributed by atoms with Gasteiger partial charge in [0.25, 0.3) is 5.91 Å². The molecule has 0 aromatic rings. The molecule has 6 nitrogen and oxygen atoms in total. The zero-order valence-corrected chi connectivity index (χ0v) is 8.07. The van der Waals surface area contributed by atoms with E-state index in [0.29, 0.717) is 0 Å². The number of methoxy groups -OCH3 is 1. The number of amides is 3. The number of imide groups is 1. The van der Waals surface area contributed by atoms with Crippen molar-refractivity contribution in [2.24, 2.45) is 0 Å². The molecule has 0 radical (unpaired) electrons. The number of carbonyl (C=O) groups excluding carboxylic acids is 3. The van der Waals surface area contributed by atoms with Crippen LogP contribution in [-0.4, -0.2) is 48.9 Å². The molecule has 1 fully saturated rings. The second-order valence-corrected chi connectivity index (χ2v) is 3.04. The van der Waals surface area contributed by atoms with Gasteiger partial charge in [0.2, 0.25) is 11.8 Å². The third kappa shape index (κ3) is 2.29. The zero-order chi connectivity index (χ0) is 10.7. The van der Waals surface area contributed by atoms with Crippen molar-refractivity contribution in [3.63, 3.8) is 0 Å². The summed E-state index contributed by atoms with van der Waals surface area (Å²) in [4.78, 5) is 34.5. The number of nitrogens with zero attached hydrogens (tertiary/aromatic N) is 1. The van der Waals surface area contributed by atoms with Crippen molar-refractivity contribution in [2.75, 3.05) is 20.2 Å². The molecule has 0 spiro atoms. The maximum absolute atomic E-state index is 11.5. The van der Waals surface area contributed by atoms with Crippen LogP contribution in [-0.2, 0) is 19.1 Å². The topological polar surface area (TPSA) is 75.7 Å². The predicted molar refractivity (Wildman–Crippen MR) is 46.2 cm³/mol. The fraction of sp³-hybridized carbons (Fsp3) is 0.625. The average molecular weight is 200 g/mol. The Morgan fingerprint density at radius 2 is 1.93 bits per heavy atom. The Hall–Kier alpha value is -1.43. The third-order valence-electron chi connectivity index (χ3n) is 1.96. The molecule has 0 aromatic carbocycles. The van der Waals surface area contributed by atoms with E-state index >= 15 is 0 Å². The zero-order valence-electron chi connectivity index (χ0n) is 8.07. The van der Waals surface area contributed by atoms with Crippen molar-refractivity contribution in [1.82, 2.24) is 10.2 Å². The first kappa shape index (κ1) is 10.6. The van der Waals surface area contributed by atoms with Crippen molar-refractivity contribution >= 4 is 17.7 Å². The van der Waals surface area contributed by atoms with Crippen LogP contribution in [0.2, 0.25) is 0 Å². The molecular formula is C8H12N2O4. The van der Waals surface area contributed by atoms with Crippen LogP contribution in [0.25, 0.3) is 0 Å². The van der Waals surface area contributed by atoms with Crippen LogP contribution in [0.5, 0.6) is 0 Å². The summed E-state index contributed by atoms with van der Waals surface area (Å²) < 4.78 is 4.80. The van der Waals surface area contributed by atoms with Crippen LogP contribution in [0.1, 0.15) is 6.92 Å². The number of carbonyl (C=O) groups is 3. The molecule has 1 saturated heterocycles. The highest BCUT2D eigenvalue weighted by Gasteiger charge is 2.28. The highest BCUT2D eigenvalue weighted by molar-refractivity contribution is 6.02. The summed E-state index contributed by atoms with van der Waals surface area (Å²) in [6, 6.07) is 0. The van der Waals surface area contributed by atoms with E-state index in [-0.39, 0.29) is 19.0 Å². The summed E-state index contributed by atoms with van der Waals surface area (Å²) in [5, 5.41) is 2.11. The molecule has 1 rings (SSSR count). The van der Waals surface area contributed by atoms with Gasteiger partial charge < -0.3 is 9.64 Å². The lowest BCUT2D eigenvalue weighted by Crippen LogP contribution is -2.55. The van der Waals surface area contributed by atoms with Gasteiger partial charge in [-0.25, -0.2) is 0 Å². The van der Waals surface area contributed by atoms with Crippen LogP contribution in [0, 0.1) is 0 Å². The molecule has 0 aliphatic carbocycles. The van der Waals surface area contributed by atoms with E-state index in [1.54, 1.807) is 6.92 Å². The Bertz CT molecular complexity index is 261. The van der Waals surface area contributed by atoms with Gasteiger partial charge in [-0.3, -0.25) is 19.7 Å².